The fraction of sp³-hybridized carbons (Fsp3) is 0.200. The van der Waals surface area contributed by atoms with Gasteiger partial charge in [-0.2, -0.15) is 0 Å². The third kappa shape index (κ3) is 3.55. The third-order valence-electron chi connectivity index (χ3n) is 3.08. The Hall–Kier alpha value is -0.110. The van der Waals surface area contributed by atoms with Gasteiger partial charge in [0.15, 0.2) is 0 Å². The Morgan fingerprint density at radius 3 is 2.45 bits per heavy atom. The van der Waals surface area contributed by atoms with Crippen LogP contribution in [0.2, 0.25) is 0 Å². The lowest BCUT2D eigenvalue weighted by atomic mass is 9.99. The summed E-state index contributed by atoms with van der Waals surface area (Å²) >= 11 is 9.55. The van der Waals surface area contributed by atoms with Gasteiger partial charge in [0.1, 0.15) is 5.75 Å². The van der Waals surface area contributed by atoms with Crippen LogP contribution in [0, 0.1) is 3.57 Å². The molecule has 0 saturated carbocycles. The average Bonchev–Trinajstić information content (AvgIpc) is 2.44. The summed E-state index contributed by atoms with van der Waals surface area (Å²) in [4.78, 5) is 0. The van der Waals surface area contributed by atoms with Gasteiger partial charge in [0.25, 0.3) is 0 Å². The summed E-state index contributed by atoms with van der Waals surface area (Å²) in [6, 6.07) is 12.5. The maximum atomic E-state index is 5.25. The van der Waals surface area contributed by atoms with Crippen LogP contribution in [0.25, 0.3) is 0 Å². The van der Waals surface area contributed by atoms with Gasteiger partial charge in [-0.15, -0.1) is 0 Å². The molecule has 2 nitrogen and oxygen atoms in total. The molecule has 0 aliphatic carbocycles. The highest BCUT2D eigenvalue weighted by Crippen LogP contribution is 2.34. The standard InChI is InChI=1S/C15H14Br2INO/c1-19-15(12-7-9(16)3-6-14(12)18)11-5-4-10(20-2)8-13(11)17/h3-8,15,19H,1-2H3. The van der Waals surface area contributed by atoms with Crippen LogP contribution in [-0.2, 0) is 0 Å². The van der Waals surface area contributed by atoms with Gasteiger partial charge in [-0.25, -0.2) is 0 Å². The molecule has 2 aromatic carbocycles. The minimum absolute atomic E-state index is 0.125. The second-order valence-corrected chi connectivity index (χ2v) is 7.21. The van der Waals surface area contributed by atoms with Crippen molar-refractivity contribution in [2.24, 2.45) is 0 Å². The second-order valence-electron chi connectivity index (χ2n) is 4.27. The van der Waals surface area contributed by atoms with E-state index in [1.807, 2.05) is 19.2 Å². The number of hydrogen-bond donors (Lipinski definition) is 1. The molecule has 0 amide bonds. The summed E-state index contributed by atoms with van der Waals surface area (Å²) in [5.41, 5.74) is 2.43. The lowest BCUT2D eigenvalue weighted by Gasteiger charge is -2.21. The monoisotopic (exact) mass is 509 g/mol. The predicted molar refractivity (Wildman–Crippen MR) is 98.5 cm³/mol. The Labute approximate surface area is 149 Å². The molecule has 0 heterocycles. The molecule has 0 fully saturated rings. The molecule has 0 saturated heterocycles. The molecule has 106 valence electrons. The molecule has 2 aromatic rings. The van der Waals surface area contributed by atoms with Crippen molar-refractivity contribution in [2.75, 3.05) is 14.2 Å². The van der Waals surface area contributed by atoms with Crippen LogP contribution < -0.4 is 10.1 Å². The molecule has 0 aliphatic heterocycles. The Morgan fingerprint density at radius 1 is 1.10 bits per heavy atom. The van der Waals surface area contributed by atoms with Gasteiger partial charge < -0.3 is 10.1 Å². The molecule has 0 bridgehead atoms. The van der Waals surface area contributed by atoms with Crippen LogP contribution in [0.1, 0.15) is 17.2 Å². The van der Waals surface area contributed by atoms with Crippen molar-refractivity contribution < 1.29 is 4.74 Å². The third-order valence-corrected chi connectivity index (χ3v) is 5.24. The topological polar surface area (TPSA) is 21.3 Å². The first-order valence-corrected chi connectivity index (χ1v) is 8.69. The van der Waals surface area contributed by atoms with E-state index in [1.165, 1.54) is 14.7 Å². The fourth-order valence-corrected chi connectivity index (χ4v) is 3.70. The summed E-state index contributed by atoms with van der Waals surface area (Å²) in [5.74, 6) is 0.847. The molecule has 5 heteroatoms. The predicted octanol–water partition coefficient (Wildman–Crippen LogP) is 5.13. The summed E-state index contributed by atoms with van der Waals surface area (Å²) in [5, 5.41) is 3.38. The van der Waals surface area contributed by atoms with E-state index in [0.29, 0.717) is 0 Å². The molecular weight excluding hydrogens is 497 g/mol. The highest BCUT2D eigenvalue weighted by atomic mass is 127. The molecule has 0 spiro atoms. The van der Waals surface area contributed by atoms with E-state index in [2.05, 4.69) is 84.0 Å². The molecule has 0 radical (unpaired) electrons. The number of benzene rings is 2. The van der Waals surface area contributed by atoms with E-state index in [9.17, 15) is 0 Å². The maximum absolute atomic E-state index is 5.25. The SMILES string of the molecule is CNC(c1ccc(OC)cc1Br)c1cc(Br)ccc1I. The van der Waals surface area contributed by atoms with Gasteiger partial charge in [0.05, 0.1) is 13.2 Å². The van der Waals surface area contributed by atoms with E-state index >= 15 is 0 Å². The smallest absolute Gasteiger partial charge is 0.120 e. The normalized spacial score (nSPS) is 12.2. The molecule has 0 aliphatic rings. The average molecular weight is 511 g/mol. The van der Waals surface area contributed by atoms with Crippen LogP contribution in [0.15, 0.2) is 45.3 Å². The summed E-state index contributed by atoms with van der Waals surface area (Å²) in [6.45, 7) is 0. The summed E-state index contributed by atoms with van der Waals surface area (Å²) in [7, 11) is 3.65. The van der Waals surface area contributed by atoms with Crippen molar-refractivity contribution in [3.63, 3.8) is 0 Å². The maximum Gasteiger partial charge on any atom is 0.120 e. The van der Waals surface area contributed by atoms with Crippen LogP contribution in [-0.4, -0.2) is 14.2 Å². The number of hydrogen-bond acceptors (Lipinski definition) is 2. The fourth-order valence-electron chi connectivity index (χ4n) is 2.08. The van der Waals surface area contributed by atoms with Crippen molar-refractivity contribution in [1.29, 1.82) is 0 Å². The van der Waals surface area contributed by atoms with Crippen LogP contribution in [0.3, 0.4) is 0 Å². The number of halogens is 3. The Bertz CT molecular complexity index is 619. The molecule has 1 unspecified atom stereocenters. The minimum Gasteiger partial charge on any atom is -0.497 e. The van der Waals surface area contributed by atoms with Crippen molar-refractivity contribution in [1.82, 2.24) is 5.32 Å². The summed E-state index contributed by atoms with van der Waals surface area (Å²) < 4.78 is 8.60. The minimum atomic E-state index is 0.125. The van der Waals surface area contributed by atoms with Crippen molar-refractivity contribution in [3.8, 4) is 5.75 Å². The highest BCUT2D eigenvalue weighted by Gasteiger charge is 2.18. The zero-order valence-electron chi connectivity index (χ0n) is 11.1. The van der Waals surface area contributed by atoms with Gasteiger partial charge in [0, 0.05) is 12.5 Å². The van der Waals surface area contributed by atoms with Crippen molar-refractivity contribution in [3.05, 3.63) is 60.0 Å². The van der Waals surface area contributed by atoms with E-state index in [4.69, 9.17) is 4.74 Å². The first-order valence-electron chi connectivity index (χ1n) is 6.02. The second kappa shape index (κ2) is 7.24. The Kier molecular flexibility index (Phi) is 5.89. The van der Waals surface area contributed by atoms with E-state index in [0.717, 1.165) is 14.7 Å². The zero-order chi connectivity index (χ0) is 14.7. The molecule has 2 rings (SSSR count). The molecular formula is C15H14Br2INO. The van der Waals surface area contributed by atoms with E-state index in [-0.39, 0.29) is 6.04 Å². The number of rotatable bonds is 4. The number of ether oxygens (including phenoxy) is 1. The zero-order valence-corrected chi connectivity index (χ0v) is 16.4. The Morgan fingerprint density at radius 2 is 1.85 bits per heavy atom. The van der Waals surface area contributed by atoms with Gasteiger partial charge >= 0.3 is 0 Å². The van der Waals surface area contributed by atoms with Crippen molar-refractivity contribution in [2.45, 2.75) is 6.04 Å². The number of methoxy groups -OCH3 is 1. The van der Waals surface area contributed by atoms with Gasteiger partial charge in [-0.3, -0.25) is 0 Å². The quantitative estimate of drug-likeness (QED) is 0.576. The molecule has 1 atom stereocenters. The molecule has 1 N–H and O–H groups in total. The lowest BCUT2D eigenvalue weighted by molar-refractivity contribution is 0.414. The Balaban J connectivity index is 2.49. The molecule has 0 aromatic heterocycles. The van der Waals surface area contributed by atoms with E-state index in [1.54, 1.807) is 7.11 Å². The van der Waals surface area contributed by atoms with Gasteiger partial charge in [-0.1, -0.05) is 37.9 Å². The lowest BCUT2D eigenvalue weighted by Crippen LogP contribution is -2.19. The summed E-state index contributed by atoms with van der Waals surface area (Å²) in [6.07, 6.45) is 0. The van der Waals surface area contributed by atoms with Gasteiger partial charge in [-0.05, 0) is 71.1 Å². The highest BCUT2D eigenvalue weighted by molar-refractivity contribution is 14.1. The van der Waals surface area contributed by atoms with E-state index < -0.39 is 0 Å². The van der Waals surface area contributed by atoms with Gasteiger partial charge in [0.2, 0.25) is 0 Å². The largest absolute Gasteiger partial charge is 0.497 e. The first kappa shape index (κ1) is 16.3. The number of nitrogens with one attached hydrogen (secondary N) is 1. The van der Waals surface area contributed by atoms with Crippen LogP contribution in [0.4, 0.5) is 0 Å². The van der Waals surface area contributed by atoms with Crippen LogP contribution >= 0.6 is 54.5 Å². The van der Waals surface area contributed by atoms with Crippen LogP contribution in [0.5, 0.6) is 5.75 Å². The van der Waals surface area contributed by atoms with Crippen molar-refractivity contribution >= 4 is 54.5 Å². The molecule has 20 heavy (non-hydrogen) atoms. The first-order chi connectivity index (χ1) is 9.56.